The summed E-state index contributed by atoms with van der Waals surface area (Å²) in [6.45, 7) is 5.99. The van der Waals surface area contributed by atoms with Crippen LogP contribution in [0.3, 0.4) is 0 Å². The van der Waals surface area contributed by atoms with Crippen molar-refractivity contribution >= 4 is 20.4 Å². The minimum absolute atomic E-state index is 0.265. The lowest BCUT2D eigenvalue weighted by Crippen LogP contribution is -1.85. The Morgan fingerprint density at radius 2 is 2.10 bits per heavy atom. The van der Waals surface area contributed by atoms with Crippen LogP contribution in [0.2, 0.25) is 9.10 Å². The van der Waals surface area contributed by atoms with Gasteiger partial charge in [-0.05, 0) is 0 Å². The summed E-state index contributed by atoms with van der Waals surface area (Å²) < 4.78 is 2.87. The Kier molecular flexibility index (Phi) is 9.99. The normalized spacial score (nSPS) is 8.90. The Morgan fingerprint density at radius 3 is 2.70 bits per heavy atom. The highest BCUT2D eigenvalue weighted by Crippen LogP contribution is 2.02. The molecule has 0 N–H and O–H groups in total. The van der Waals surface area contributed by atoms with E-state index in [2.05, 4.69) is 19.6 Å². The molecule has 0 aliphatic heterocycles. The molecular formula is C9H18Mg. The van der Waals surface area contributed by atoms with Crippen LogP contribution in [-0.2, 0) is 0 Å². The zero-order chi connectivity index (χ0) is 7.66. The van der Waals surface area contributed by atoms with Gasteiger partial charge in [-0.25, -0.2) is 0 Å². The molecule has 0 rings (SSSR count). The zero-order valence-corrected chi connectivity index (χ0v) is 8.65. The first-order chi connectivity index (χ1) is 4.91. The summed E-state index contributed by atoms with van der Waals surface area (Å²) in [5.41, 5.74) is 0. The van der Waals surface area contributed by atoms with Crippen LogP contribution in [0.5, 0.6) is 0 Å². The van der Waals surface area contributed by atoms with Crippen molar-refractivity contribution in [3.05, 3.63) is 12.7 Å². The quantitative estimate of drug-likeness (QED) is 0.297. The van der Waals surface area contributed by atoms with E-state index < -0.39 is 0 Å². The molecule has 0 aliphatic rings. The van der Waals surface area contributed by atoms with Crippen LogP contribution >= 0.6 is 0 Å². The van der Waals surface area contributed by atoms with Crippen LogP contribution in [0.15, 0.2) is 12.7 Å². The second kappa shape index (κ2) is 9.51. The van der Waals surface area contributed by atoms with Crippen LogP contribution in [0.25, 0.3) is 0 Å². The van der Waals surface area contributed by atoms with Crippen LogP contribution in [0.1, 0.15) is 32.6 Å². The zero-order valence-electron chi connectivity index (χ0n) is 7.23. The van der Waals surface area contributed by atoms with Crippen LogP contribution in [0.4, 0.5) is 0 Å². The molecule has 0 spiro atoms. The van der Waals surface area contributed by atoms with E-state index in [0.29, 0.717) is 0 Å². The van der Waals surface area contributed by atoms with Gasteiger partial charge in [0.15, 0.2) is 0 Å². The van der Waals surface area contributed by atoms with Gasteiger partial charge in [0.1, 0.15) is 0 Å². The topological polar surface area (TPSA) is 0 Å². The van der Waals surface area contributed by atoms with E-state index in [1.807, 2.05) is 0 Å². The van der Waals surface area contributed by atoms with Gasteiger partial charge in [-0.2, -0.15) is 0 Å². The van der Waals surface area contributed by atoms with E-state index in [1.165, 1.54) is 34.8 Å². The molecule has 0 aliphatic carbocycles. The van der Waals surface area contributed by atoms with Gasteiger partial charge in [0.05, 0.1) is 0 Å². The van der Waals surface area contributed by atoms with Crippen molar-refractivity contribution in [1.82, 2.24) is 0 Å². The summed E-state index contributed by atoms with van der Waals surface area (Å²) in [4.78, 5) is 0. The largest absolute Gasteiger partial charge is 0.369 e. The van der Waals surface area contributed by atoms with E-state index in [1.54, 1.807) is 0 Å². The first-order valence-corrected chi connectivity index (χ1v) is 6.52. The maximum Gasteiger partial charge on any atom is 0.369 e. The molecule has 0 heterocycles. The number of hydrogen-bond donors (Lipinski definition) is 0. The van der Waals surface area contributed by atoms with Gasteiger partial charge < -0.3 is 0 Å². The van der Waals surface area contributed by atoms with Gasteiger partial charge in [0.2, 0.25) is 0 Å². The van der Waals surface area contributed by atoms with E-state index in [0.717, 1.165) is 0 Å². The minimum atomic E-state index is 0.265. The van der Waals surface area contributed by atoms with Crippen molar-refractivity contribution < 1.29 is 0 Å². The summed E-state index contributed by atoms with van der Waals surface area (Å²) in [6.07, 6.45) is 7.81. The molecule has 0 atom stereocenters. The van der Waals surface area contributed by atoms with Gasteiger partial charge in [-0.1, -0.05) is 32.6 Å². The van der Waals surface area contributed by atoms with E-state index in [4.69, 9.17) is 0 Å². The summed E-state index contributed by atoms with van der Waals surface area (Å²) in [5, 5.41) is 0. The van der Waals surface area contributed by atoms with Gasteiger partial charge in [-0.3, -0.25) is 0 Å². The highest BCUT2D eigenvalue weighted by molar-refractivity contribution is 6.35. The standard InChI is InChI=1S/C6H13.C3H5.Mg/c1-3-5-6-4-2;1-3-2;/h1,3-6H2,2H3;3H,1-2H2;. The number of rotatable bonds is 7. The van der Waals surface area contributed by atoms with E-state index >= 15 is 0 Å². The Bertz CT molecular complexity index is 69.1. The van der Waals surface area contributed by atoms with Crippen molar-refractivity contribution in [2.75, 3.05) is 0 Å². The predicted octanol–water partition coefficient (Wildman–Crippen LogP) is 3.29. The van der Waals surface area contributed by atoms with Crippen molar-refractivity contribution in [2.45, 2.75) is 41.7 Å². The molecular weight excluding hydrogens is 132 g/mol. The first kappa shape index (κ1) is 10.5. The third kappa shape index (κ3) is 8.51. The van der Waals surface area contributed by atoms with Crippen LogP contribution in [0, 0.1) is 0 Å². The lowest BCUT2D eigenvalue weighted by atomic mass is 10.2. The molecule has 56 valence electrons. The summed E-state index contributed by atoms with van der Waals surface area (Å²) in [5.74, 6) is 0. The van der Waals surface area contributed by atoms with E-state index in [9.17, 15) is 0 Å². The Morgan fingerprint density at radius 1 is 1.30 bits per heavy atom. The number of unbranched alkanes of at least 4 members (excludes halogenated alkanes) is 3. The molecule has 0 saturated carbocycles. The highest BCUT2D eigenvalue weighted by atomic mass is 24.5. The molecule has 0 aromatic carbocycles. The SMILES string of the molecule is C=C[CH2][Mg][CH2]CCCCC. The molecule has 1 heteroatoms. The number of allylic oxidation sites excluding steroid dienone is 1. The Labute approximate surface area is 74.8 Å². The number of hydrogen-bond acceptors (Lipinski definition) is 0. The lowest BCUT2D eigenvalue weighted by molar-refractivity contribution is 0.700. The highest BCUT2D eigenvalue weighted by Gasteiger charge is 1.91. The van der Waals surface area contributed by atoms with Crippen LogP contribution in [-0.4, -0.2) is 20.4 Å². The predicted molar refractivity (Wildman–Crippen MR) is 49.7 cm³/mol. The van der Waals surface area contributed by atoms with Crippen molar-refractivity contribution in [2.24, 2.45) is 0 Å². The van der Waals surface area contributed by atoms with Crippen LogP contribution < -0.4 is 0 Å². The van der Waals surface area contributed by atoms with E-state index in [-0.39, 0.29) is 20.4 Å². The fourth-order valence-corrected chi connectivity index (χ4v) is 2.35. The Balaban J connectivity index is 2.70. The molecule has 0 nitrogen and oxygen atoms in total. The molecule has 0 amide bonds. The maximum atomic E-state index is 3.73. The summed E-state index contributed by atoms with van der Waals surface area (Å²) in [7, 11) is 0. The Hall–Kier alpha value is 0.506. The van der Waals surface area contributed by atoms with Gasteiger partial charge in [-0.15, -0.1) is 21.8 Å². The first-order valence-electron chi connectivity index (χ1n) is 4.52. The second-order valence-electron chi connectivity index (χ2n) is 2.85. The second-order valence-corrected chi connectivity index (χ2v) is 4.84. The monoisotopic (exact) mass is 150 g/mol. The average molecular weight is 151 g/mol. The smallest absolute Gasteiger partial charge is 0.145 e. The third-order valence-electron chi connectivity index (χ3n) is 1.76. The molecule has 0 radical (unpaired) electrons. The van der Waals surface area contributed by atoms with Gasteiger partial charge >= 0.3 is 20.4 Å². The lowest BCUT2D eigenvalue weighted by Gasteiger charge is -1.95. The average Bonchev–Trinajstić information content (AvgIpc) is 1.97. The molecule has 0 bridgehead atoms. The molecule has 0 aromatic rings. The summed E-state index contributed by atoms with van der Waals surface area (Å²) >= 11 is 0.265. The molecule has 10 heavy (non-hydrogen) atoms. The van der Waals surface area contributed by atoms with Crippen molar-refractivity contribution in [3.63, 3.8) is 0 Å². The molecule has 0 unspecified atom stereocenters. The van der Waals surface area contributed by atoms with Gasteiger partial charge in [0, 0.05) is 0 Å². The summed E-state index contributed by atoms with van der Waals surface area (Å²) in [6, 6.07) is 0. The fraction of sp³-hybridized carbons (Fsp3) is 0.778. The molecule has 0 saturated heterocycles. The molecule has 0 fully saturated rings. The maximum absolute atomic E-state index is 3.73. The minimum Gasteiger partial charge on any atom is -0.145 e. The van der Waals surface area contributed by atoms with Crippen molar-refractivity contribution in [1.29, 1.82) is 0 Å². The van der Waals surface area contributed by atoms with Crippen molar-refractivity contribution in [3.8, 4) is 0 Å². The van der Waals surface area contributed by atoms with Gasteiger partial charge in [0.25, 0.3) is 0 Å². The third-order valence-corrected chi connectivity index (χ3v) is 3.58. The molecule has 0 aromatic heterocycles. The fourth-order valence-electron chi connectivity index (χ4n) is 1.07.